The molecule has 0 aliphatic carbocycles. The topological polar surface area (TPSA) is 45.2 Å². The summed E-state index contributed by atoms with van der Waals surface area (Å²) in [6.07, 6.45) is 2.20. The molecule has 1 aliphatic heterocycles. The molecule has 0 spiro atoms. The van der Waals surface area contributed by atoms with Crippen molar-refractivity contribution in [3.8, 4) is 0 Å². The summed E-state index contributed by atoms with van der Waals surface area (Å²) in [5.74, 6) is 1.14. The number of nitrogens with zero attached hydrogens (tertiary/aromatic N) is 2. The molecule has 1 fully saturated rings. The third kappa shape index (κ3) is 3.22. The van der Waals surface area contributed by atoms with Crippen LogP contribution in [0.25, 0.3) is 0 Å². The van der Waals surface area contributed by atoms with Crippen LogP contribution in [-0.4, -0.2) is 29.0 Å². The van der Waals surface area contributed by atoms with Crippen molar-refractivity contribution >= 4 is 22.5 Å². The molecule has 2 amide bonds. The Labute approximate surface area is 112 Å². The first-order valence-corrected chi connectivity index (χ1v) is 7.45. The highest BCUT2D eigenvalue weighted by atomic mass is 32.1. The van der Waals surface area contributed by atoms with Gasteiger partial charge in [0.1, 0.15) is 0 Å². The van der Waals surface area contributed by atoms with Gasteiger partial charge in [-0.25, -0.2) is 9.78 Å². The summed E-state index contributed by atoms with van der Waals surface area (Å²) in [6.45, 7) is 8.16. The van der Waals surface area contributed by atoms with Crippen LogP contribution in [0.3, 0.4) is 0 Å². The normalized spacial score (nSPS) is 17.2. The number of urea groups is 1. The Balaban J connectivity index is 1.90. The SMILES string of the molecule is CC1CCN(C(=O)Nc2nc(C(C)C)cs2)CC1. The van der Waals surface area contributed by atoms with Gasteiger partial charge in [0.05, 0.1) is 5.69 Å². The van der Waals surface area contributed by atoms with Crippen LogP contribution in [0, 0.1) is 5.92 Å². The number of hydrogen-bond donors (Lipinski definition) is 1. The van der Waals surface area contributed by atoms with E-state index in [0.29, 0.717) is 11.0 Å². The van der Waals surface area contributed by atoms with Crippen molar-refractivity contribution in [1.82, 2.24) is 9.88 Å². The predicted molar refractivity (Wildman–Crippen MR) is 75.2 cm³/mol. The molecule has 0 radical (unpaired) electrons. The minimum absolute atomic E-state index is 0.00782. The van der Waals surface area contributed by atoms with Crippen molar-refractivity contribution < 1.29 is 4.79 Å². The Morgan fingerprint density at radius 2 is 2.17 bits per heavy atom. The number of carbonyl (C=O) groups is 1. The first-order chi connectivity index (χ1) is 8.56. The number of rotatable bonds is 2. The van der Waals surface area contributed by atoms with E-state index < -0.39 is 0 Å². The number of carbonyl (C=O) groups excluding carboxylic acids is 1. The van der Waals surface area contributed by atoms with Crippen molar-refractivity contribution in [2.24, 2.45) is 5.92 Å². The van der Waals surface area contributed by atoms with E-state index in [-0.39, 0.29) is 6.03 Å². The van der Waals surface area contributed by atoms with Crippen LogP contribution in [-0.2, 0) is 0 Å². The third-order valence-electron chi connectivity index (χ3n) is 3.40. The molecular weight excluding hydrogens is 246 g/mol. The van der Waals surface area contributed by atoms with Gasteiger partial charge in [0, 0.05) is 18.5 Å². The summed E-state index contributed by atoms with van der Waals surface area (Å²) in [4.78, 5) is 18.3. The number of amides is 2. The van der Waals surface area contributed by atoms with E-state index in [2.05, 4.69) is 31.1 Å². The lowest BCUT2D eigenvalue weighted by Crippen LogP contribution is -2.40. The molecule has 18 heavy (non-hydrogen) atoms. The molecule has 0 atom stereocenters. The van der Waals surface area contributed by atoms with E-state index in [1.54, 1.807) is 0 Å². The summed E-state index contributed by atoms with van der Waals surface area (Å²) in [7, 11) is 0. The number of piperidine rings is 1. The van der Waals surface area contributed by atoms with Gasteiger partial charge in [0.15, 0.2) is 5.13 Å². The molecule has 0 saturated carbocycles. The lowest BCUT2D eigenvalue weighted by molar-refractivity contribution is 0.186. The highest BCUT2D eigenvalue weighted by Gasteiger charge is 2.21. The summed E-state index contributed by atoms with van der Waals surface area (Å²) < 4.78 is 0. The minimum Gasteiger partial charge on any atom is -0.324 e. The van der Waals surface area contributed by atoms with Gasteiger partial charge in [-0.05, 0) is 24.7 Å². The second kappa shape index (κ2) is 5.69. The number of hydrogen-bond acceptors (Lipinski definition) is 3. The molecule has 1 aromatic rings. The summed E-state index contributed by atoms with van der Waals surface area (Å²) >= 11 is 1.50. The fraction of sp³-hybridized carbons (Fsp3) is 0.692. The van der Waals surface area contributed by atoms with Gasteiger partial charge in [0.2, 0.25) is 0 Å². The molecule has 100 valence electrons. The molecule has 1 saturated heterocycles. The van der Waals surface area contributed by atoms with Crippen molar-refractivity contribution in [2.75, 3.05) is 18.4 Å². The Morgan fingerprint density at radius 1 is 1.50 bits per heavy atom. The number of thiazole rings is 1. The molecule has 0 unspecified atom stereocenters. The standard InChI is InChI=1S/C13H21N3OS/c1-9(2)11-8-18-12(14-11)15-13(17)16-6-4-10(3)5-7-16/h8-10H,4-7H2,1-3H3,(H,14,15,17). The number of aromatic nitrogens is 1. The predicted octanol–water partition coefficient (Wildman–Crippen LogP) is 3.53. The van der Waals surface area contributed by atoms with Gasteiger partial charge in [0.25, 0.3) is 0 Å². The van der Waals surface area contributed by atoms with Gasteiger partial charge in [-0.3, -0.25) is 5.32 Å². The number of likely N-dealkylation sites (tertiary alicyclic amines) is 1. The van der Waals surface area contributed by atoms with Crippen molar-refractivity contribution in [1.29, 1.82) is 0 Å². The highest BCUT2D eigenvalue weighted by molar-refractivity contribution is 7.13. The number of anilines is 1. The summed E-state index contributed by atoms with van der Waals surface area (Å²) in [5, 5.41) is 5.62. The highest BCUT2D eigenvalue weighted by Crippen LogP contribution is 2.22. The number of nitrogens with one attached hydrogen (secondary N) is 1. The molecule has 1 aliphatic rings. The van der Waals surface area contributed by atoms with E-state index in [1.807, 2.05) is 10.3 Å². The average molecular weight is 267 g/mol. The molecule has 2 rings (SSSR count). The second-order valence-corrected chi connectivity index (χ2v) is 6.19. The zero-order chi connectivity index (χ0) is 13.1. The Kier molecular flexibility index (Phi) is 4.22. The Bertz CT molecular complexity index is 408. The third-order valence-corrected chi connectivity index (χ3v) is 4.17. The molecular formula is C13H21N3OS. The van der Waals surface area contributed by atoms with Gasteiger partial charge in [-0.15, -0.1) is 11.3 Å². The Hall–Kier alpha value is -1.10. The van der Waals surface area contributed by atoms with E-state index >= 15 is 0 Å². The lowest BCUT2D eigenvalue weighted by atomic mass is 10.00. The van der Waals surface area contributed by atoms with Crippen LogP contribution >= 0.6 is 11.3 Å². The quantitative estimate of drug-likeness (QED) is 0.891. The van der Waals surface area contributed by atoms with Crippen molar-refractivity contribution in [2.45, 2.75) is 39.5 Å². The Morgan fingerprint density at radius 3 is 2.72 bits per heavy atom. The first-order valence-electron chi connectivity index (χ1n) is 6.57. The molecule has 0 aromatic carbocycles. The van der Waals surface area contributed by atoms with Gasteiger partial charge >= 0.3 is 6.03 Å². The zero-order valence-corrected chi connectivity index (χ0v) is 12.1. The molecule has 2 heterocycles. The maximum atomic E-state index is 12.0. The van der Waals surface area contributed by atoms with Crippen LogP contribution in [0.1, 0.15) is 45.2 Å². The van der Waals surface area contributed by atoms with E-state index in [4.69, 9.17) is 0 Å². The van der Waals surface area contributed by atoms with E-state index in [0.717, 1.165) is 37.5 Å². The molecule has 4 nitrogen and oxygen atoms in total. The largest absolute Gasteiger partial charge is 0.324 e. The fourth-order valence-electron chi connectivity index (χ4n) is 1.99. The van der Waals surface area contributed by atoms with E-state index in [1.165, 1.54) is 11.3 Å². The molecule has 5 heteroatoms. The van der Waals surface area contributed by atoms with Crippen LogP contribution in [0.4, 0.5) is 9.93 Å². The molecule has 1 N–H and O–H groups in total. The first kappa shape index (κ1) is 13.3. The fourth-order valence-corrected chi connectivity index (χ4v) is 2.85. The van der Waals surface area contributed by atoms with Crippen LogP contribution in [0.15, 0.2) is 5.38 Å². The minimum atomic E-state index is -0.00782. The second-order valence-electron chi connectivity index (χ2n) is 5.33. The van der Waals surface area contributed by atoms with Crippen molar-refractivity contribution in [3.63, 3.8) is 0 Å². The van der Waals surface area contributed by atoms with Gasteiger partial charge in [-0.1, -0.05) is 20.8 Å². The van der Waals surface area contributed by atoms with Gasteiger partial charge < -0.3 is 4.90 Å². The van der Waals surface area contributed by atoms with Crippen LogP contribution in [0.2, 0.25) is 0 Å². The monoisotopic (exact) mass is 267 g/mol. The summed E-state index contributed by atoms with van der Waals surface area (Å²) in [6, 6.07) is -0.00782. The smallest absolute Gasteiger partial charge is 0.323 e. The summed E-state index contributed by atoms with van der Waals surface area (Å²) in [5.41, 5.74) is 1.04. The maximum absolute atomic E-state index is 12.0. The lowest BCUT2D eigenvalue weighted by Gasteiger charge is -2.29. The van der Waals surface area contributed by atoms with Crippen LogP contribution < -0.4 is 5.32 Å². The molecule has 0 bridgehead atoms. The van der Waals surface area contributed by atoms with Gasteiger partial charge in [-0.2, -0.15) is 0 Å². The average Bonchev–Trinajstić information content (AvgIpc) is 2.78. The zero-order valence-electron chi connectivity index (χ0n) is 11.3. The van der Waals surface area contributed by atoms with Crippen LogP contribution in [0.5, 0.6) is 0 Å². The van der Waals surface area contributed by atoms with Crippen molar-refractivity contribution in [3.05, 3.63) is 11.1 Å². The maximum Gasteiger partial charge on any atom is 0.323 e. The molecule has 1 aromatic heterocycles. The van der Waals surface area contributed by atoms with E-state index in [9.17, 15) is 4.79 Å².